The van der Waals surface area contributed by atoms with Crippen LogP contribution in [0.5, 0.6) is 0 Å². The number of halogens is 1. The van der Waals surface area contributed by atoms with Gasteiger partial charge in [0.05, 0.1) is 14.9 Å². The minimum absolute atomic E-state index is 0.141. The number of nitro benzene ring substituents is 1. The van der Waals surface area contributed by atoms with Gasteiger partial charge in [0.15, 0.2) is 0 Å². The molecule has 8 nitrogen and oxygen atoms in total. The SMILES string of the molecule is O=C(O)CN1C(=O)/C(=C/c2ccc(-c3ccc([N+](=O)[O-])cc3Cl)o2)SC1=S. The van der Waals surface area contributed by atoms with Crippen LogP contribution in [0.1, 0.15) is 5.76 Å². The highest BCUT2D eigenvalue weighted by Crippen LogP contribution is 2.35. The predicted octanol–water partition coefficient (Wildman–Crippen LogP) is 3.79. The molecule has 1 N–H and O–H groups in total. The molecule has 1 amide bonds. The van der Waals surface area contributed by atoms with Gasteiger partial charge in [0.1, 0.15) is 22.4 Å². The van der Waals surface area contributed by atoms with Crippen molar-refractivity contribution in [1.29, 1.82) is 0 Å². The summed E-state index contributed by atoms with van der Waals surface area (Å²) in [5.74, 6) is -0.989. The second-order valence-electron chi connectivity index (χ2n) is 5.28. The Bertz CT molecular complexity index is 1020. The van der Waals surface area contributed by atoms with Crippen LogP contribution in [0.2, 0.25) is 5.02 Å². The van der Waals surface area contributed by atoms with Crippen LogP contribution in [0, 0.1) is 10.1 Å². The molecule has 138 valence electrons. The molecule has 0 aliphatic carbocycles. The number of benzene rings is 1. The monoisotopic (exact) mass is 424 g/mol. The lowest BCUT2D eigenvalue weighted by Gasteiger charge is -2.09. The number of carboxylic acid groups (broad SMARTS) is 1. The van der Waals surface area contributed by atoms with Crippen molar-refractivity contribution < 1.29 is 24.0 Å². The van der Waals surface area contributed by atoms with E-state index in [0.29, 0.717) is 17.1 Å². The minimum atomic E-state index is -1.17. The van der Waals surface area contributed by atoms with E-state index < -0.39 is 23.3 Å². The number of nitro groups is 1. The zero-order valence-corrected chi connectivity index (χ0v) is 15.6. The number of nitrogens with zero attached hydrogens (tertiary/aromatic N) is 2. The maximum atomic E-state index is 12.2. The summed E-state index contributed by atoms with van der Waals surface area (Å²) in [5, 5.41) is 19.8. The van der Waals surface area contributed by atoms with E-state index >= 15 is 0 Å². The Kier molecular flexibility index (Phi) is 5.31. The molecule has 1 aliphatic rings. The van der Waals surface area contributed by atoms with Gasteiger partial charge in [0.25, 0.3) is 11.6 Å². The highest BCUT2D eigenvalue weighted by Gasteiger charge is 2.33. The normalized spacial score (nSPS) is 15.6. The fourth-order valence-electron chi connectivity index (χ4n) is 2.29. The fraction of sp³-hybridized carbons (Fsp3) is 0.0625. The summed E-state index contributed by atoms with van der Waals surface area (Å²) < 4.78 is 5.79. The second-order valence-corrected chi connectivity index (χ2v) is 7.37. The largest absolute Gasteiger partial charge is 0.480 e. The molecule has 0 spiro atoms. The molecule has 11 heteroatoms. The summed E-state index contributed by atoms with van der Waals surface area (Å²) in [6, 6.07) is 7.19. The molecular weight excluding hydrogens is 416 g/mol. The van der Waals surface area contributed by atoms with Crippen molar-refractivity contribution in [1.82, 2.24) is 4.90 Å². The number of carboxylic acids is 1. The molecule has 2 aromatic rings. The highest BCUT2D eigenvalue weighted by molar-refractivity contribution is 8.26. The molecule has 27 heavy (non-hydrogen) atoms. The van der Waals surface area contributed by atoms with Gasteiger partial charge in [-0.2, -0.15) is 0 Å². The molecule has 1 aromatic carbocycles. The van der Waals surface area contributed by atoms with Gasteiger partial charge in [-0.15, -0.1) is 0 Å². The standard InChI is InChI=1S/C16H9ClN2O6S2/c17-11-5-8(19(23)24)1-3-10(11)12-4-2-9(25-12)6-13-15(22)18(7-14(20)21)16(26)27-13/h1-6H,7H2,(H,20,21)/b13-6-. The van der Waals surface area contributed by atoms with Crippen molar-refractivity contribution in [2.75, 3.05) is 6.54 Å². The lowest BCUT2D eigenvalue weighted by molar-refractivity contribution is -0.384. The van der Waals surface area contributed by atoms with Gasteiger partial charge in [-0.25, -0.2) is 0 Å². The van der Waals surface area contributed by atoms with Crippen LogP contribution >= 0.6 is 35.6 Å². The molecular formula is C16H9ClN2O6S2. The summed E-state index contributed by atoms with van der Waals surface area (Å²) in [6.45, 7) is -0.510. The lowest BCUT2D eigenvalue weighted by Crippen LogP contribution is -2.33. The number of thioether (sulfide) groups is 1. The van der Waals surface area contributed by atoms with Gasteiger partial charge >= 0.3 is 5.97 Å². The number of aliphatic carboxylic acids is 1. The summed E-state index contributed by atoms with van der Waals surface area (Å²) in [6.07, 6.45) is 1.45. The third-order valence-corrected chi connectivity index (χ3v) is 5.19. The van der Waals surface area contributed by atoms with E-state index in [4.69, 9.17) is 33.3 Å². The van der Waals surface area contributed by atoms with Gasteiger partial charge in [-0.05, 0) is 18.2 Å². The number of carbonyl (C=O) groups excluding carboxylic acids is 1. The smallest absolute Gasteiger partial charge is 0.323 e. The number of rotatable bonds is 5. The number of hydrogen-bond acceptors (Lipinski definition) is 7. The average molecular weight is 425 g/mol. The van der Waals surface area contributed by atoms with E-state index in [2.05, 4.69) is 0 Å². The number of furan rings is 1. The Morgan fingerprint density at radius 2 is 2.15 bits per heavy atom. The van der Waals surface area contributed by atoms with Gasteiger partial charge in [0.2, 0.25) is 0 Å². The Morgan fingerprint density at radius 3 is 2.78 bits per heavy atom. The number of thiocarbonyl (C=S) groups is 1. The van der Waals surface area contributed by atoms with Crippen molar-refractivity contribution in [3.8, 4) is 11.3 Å². The van der Waals surface area contributed by atoms with Gasteiger partial charge < -0.3 is 9.52 Å². The zero-order valence-electron chi connectivity index (χ0n) is 13.2. The van der Waals surface area contributed by atoms with Crippen LogP contribution in [0.4, 0.5) is 5.69 Å². The minimum Gasteiger partial charge on any atom is -0.480 e. The third-order valence-electron chi connectivity index (χ3n) is 3.50. The van der Waals surface area contributed by atoms with E-state index in [1.165, 1.54) is 24.3 Å². The number of amides is 1. The lowest BCUT2D eigenvalue weighted by atomic mass is 10.1. The van der Waals surface area contributed by atoms with Crippen molar-refractivity contribution in [2.45, 2.75) is 0 Å². The van der Waals surface area contributed by atoms with Crippen LogP contribution in [-0.4, -0.2) is 37.7 Å². The quantitative estimate of drug-likeness (QED) is 0.333. The summed E-state index contributed by atoms with van der Waals surface area (Å²) in [7, 11) is 0. The van der Waals surface area contributed by atoms with E-state index in [9.17, 15) is 19.7 Å². The van der Waals surface area contributed by atoms with Crippen LogP contribution in [-0.2, 0) is 9.59 Å². The van der Waals surface area contributed by atoms with Gasteiger partial charge in [0, 0.05) is 23.8 Å². The molecule has 0 bridgehead atoms. The first kappa shape index (κ1) is 19.1. The van der Waals surface area contributed by atoms with Crippen molar-refractivity contribution in [3.05, 3.63) is 56.1 Å². The van der Waals surface area contributed by atoms with Crippen LogP contribution in [0.25, 0.3) is 17.4 Å². The van der Waals surface area contributed by atoms with Crippen LogP contribution < -0.4 is 0 Å². The molecule has 3 rings (SSSR count). The van der Waals surface area contributed by atoms with E-state index in [-0.39, 0.29) is 19.9 Å². The Balaban J connectivity index is 1.86. The number of carbonyl (C=O) groups is 2. The molecule has 1 aliphatic heterocycles. The Hall–Kier alpha value is -2.69. The van der Waals surface area contributed by atoms with Gasteiger partial charge in [-0.1, -0.05) is 35.6 Å². The molecule has 1 aromatic heterocycles. The molecule has 1 saturated heterocycles. The van der Waals surface area contributed by atoms with Crippen LogP contribution in [0.3, 0.4) is 0 Å². The van der Waals surface area contributed by atoms with E-state index in [1.807, 2.05) is 0 Å². The van der Waals surface area contributed by atoms with Crippen molar-refractivity contribution >= 4 is 63.5 Å². The predicted molar refractivity (Wildman–Crippen MR) is 103 cm³/mol. The molecule has 1 fully saturated rings. The van der Waals surface area contributed by atoms with Crippen molar-refractivity contribution in [2.24, 2.45) is 0 Å². The topological polar surface area (TPSA) is 114 Å². The molecule has 0 radical (unpaired) electrons. The first-order valence-electron chi connectivity index (χ1n) is 7.27. The first-order valence-corrected chi connectivity index (χ1v) is 8.88. The maximum absolute atomic E-state index is 12.2. The molecule has 0 unspecified atom stereocenters. The first-order chi connectivity index (χ1) is 12.8. The van der Waals surface area contributed by atoms with Crippen LogP contribution in [0.15, 0.2) is 39.7 Å². The number of non-ortho nitro benzene ring substituents is 1. The van der Waals surface area contributed by atoms with E-state index in [1.54, 1.807) is 12.1 Å². The Labute approximate surface area is 166 Å². The fourth-order valence-corrected chi connectivity index (χ4v) is 3.80. The summed E-state index contributed by atoms with van der Waals surface area (Å²) in [4.78, 5) is 34.5. The molecule has 0 atom stereocenters. The summed E-state index contributed by atoms with van der Waals surface area (Å²) in [5.41, 5.74) is 0.318. The Morgan fingerprint density at radius 1 is 1.41 bits per heavy atom. The molecule has 2 heterocycles. The third kappa shape index (κ3) is 4.02. The average Bonchev–Trinajstić information content (AvgIpc) is 3.15. The second kappa shape index (κ2) is 7.51. The van der Waals surface area contributed by atoms with Crippen molar-refractivity contribution in [3.63, 3.8) is 0 Å². The highest BCUT2D eigenvalue weighted by atomic mass is 35.5. The van der Waals surface area contributed by atoms with E-state index in [0.717, 1.165) is 16.7 Å². The van der Waals surface area contributed by atoms with Gasteiger partial charge in [-0.3, -0.25) is 24.6 Å². The zero-order chi connectivity index (χ0) is 19.7. The maximum Gasteiger partial charge on any atom is 0.323 e. The molecule has 0 saturated carbocycles. The summed E-state index contributed by atoms with van der Waals surface area (Å²) >= 11 is 12.1. The number of hydrogen-bond donors (Lipinski definition) is 1.